The first-order chi connectivity index (χ1) is 14.1. The van der Waals surface area contributed by atoms with Gasteiger partial charge in [0.05, 0.1) is 5.70 Å². The number of aryl methyl sites for hydroxylation is 1. The third-order valence-corrected chi connectivity index (χ3v) is 6.24. The first-order valence-corrected chi connectivity index (χ1v) is 11.0. The largest absolute Gasteiger partial charge is 0.397 e. The van der Waals surface area contributed by atoms with Gasteiger partial charge >= 0.3 is 0 Å². The van der Waals surface area contributed by atoms with E-state index >= 15 is 0 Å². The molecular weight excluding hydrogens is 390 g/mol. The molecule has 8 heteroatoms. The lowest BCUT2D eigenvalue weighted by atomic mass is 9.99. The van der Waals surface area contributed by atoms with Crippen molar-refractivity contribution in [3.8, 4) is 0 Å². The van der Waals surface area contributed by atoms with Crippen molar-refractivity contribution in [2.24, 2.45) is 16.6 Å². The van der Waals surface area contributed by atoms with Crippen LogP contribution in [0.1, 0.15) is 43.6 Å². The van der Waals surface area contributed by atoms with Crippen LogP contribution >= 0.6 is 11.6 Å². The third-order valence-electron chi connectivity index (χ3n) is 5.85. The zero-order valence-corrected chi connectivity index (χ0v) is 18.4. The van der Waals surface area contributed by atoms with Crippen LogP contribution in [0.3, 0.4) is 0 Å². The van der Waals surface area contributed by atoms with Crippen molar-refractivity contribution in [1.29, 1.82) is 0 Å². The minimum atomic E-state index is 0.430. The van der Waals surface area contributed by atoms with Crippen LogP contribution in [0, 0.1) is 12.8 Å². The topological polar surface area (TPSA) is 88.9 Å². The van der Waals surface area contributed by atoms with Crippen molar-refractivity contribution in [1.82, 2.24) is 15.4 Å². The molecule has 2 aliphatic heterocycles. The Balaban J connectivity index is 1.66. The lowest BCUT2D eigenvalue weighted by Crippen LogP contribution is -2.43. The van der Waals surface area contributed by atoms with Crippen LogP contribution in [-0.4, -0.2) is 67.7 Å². The molecule has 2 saturated heterocycles. The van der Waals surface area contributed by atoms with Crippen molar-refractivity contribution in [3.63, 3.8) is 0 Å². The van der Waals surface area contributed by atoms with Gasteiger partial charge in [-0.05, 0) is 51.6 Å². The molecule has 0 radical (unpaired) electrons. The summed E-state index contributed by atoms with van der Waals surface area (Å²) in [6.45, 7) is 7.37. The van der Waals surface area contributed by atoms with Crippen LogP contribution in [0.25, 0.3) is 5.70 Å². The van der Waals surface area contributed by atoms with Crippen LogP contribution in [0.5, 0.6) is 0 Å². The smallest absolute Gasteiger partial charge is 0.134 e. The van der Waals surface area contributed by atoms with E-state index in [0.717, 1.165) is 62.9 Å². The molecule has 3 rings (SSSR count). The molecule has 3 N–H and O–H groups in total. The highest BCUT2D eigenvalue weighted by Crippen LogP contribution is 2.21. The monoisotopic (exact) mass is 423 g/mol. The summed E-state index contributed by atoms with van der Waals surface area (Å²) in [6, 6.07) is 2.31. The normalized spacial score (nSPS) is 23.7. The number of nitrogens with zero attached hydrogens (tertiary/aromatic N) is 3. The van der Waals surface area contributed by atoms with E-state index in [1.165, 1.54) is 19.3 Å². The number of hydrogen-bond donors (Lipinski definition) is 2. The van der Waals surface area contributed by atoms with Gasteiger partial charge in [0.1, 0.15) is 16.6 Å². The van der Waals surface area contributed by atoms with Crippen molar-refractivity contribution in [2.45, 2.75) is 45.1 Å². The van der Waals surface area contributed by atoms with Crippen molar-refractivity contribution in [2.75, 3.05) is 46.4 Å². The molecule has 29 heavy (non-hydrogen) atoms. The Labute approximate surface area is 178 Å². The fourth-order valence-corrected chi connectivity index (χ4v) is 4.24. The molecule has 0 aromatic carbocycles. The predicted molar refractivity (Wildman–Crippen MR) is 117 cm³/mol. The second-order valence-corrected chi connectivity index (χ2v) is 8.48. The minimum Gasteiger partial charge on any atom is -0.397 e. The van der Waals surface area contributed by atoms with Crippen molar-refractivity contribution >= 4 is 22.5 Å². The Morgan fingerprint density at radius 3 is 2.83 bits per heavy atom. The number of halogens is 1. The predicted octanol–water partition coefficient (Wildman–Crippen LogP) is 2.79. The molecular formula is C21H34ClN5O2. The zero-order valence-electron chi connectivity index (χ0n) is 17.6. The second-order valence-electron chi connectivity index (χ2n) is 8.12. The molecule has 0 bridgehead atoms. The van der Waals surface area contributed by atoms with Crippen LogP contribution in [0.2, 0.25) is 0 Å². The average molecular weight is 424 g/mol. The Kier molecular flexibility index (Phi) is 8.53. The number of rotatable bonds is 7. The van der Waals surface area contributed by atoms with E-state index < -0.39 is 0 Å². The molecule has 0 aliphatic carbocycles. The summed E-state index contributed by atoms with van der Waals surface area (Å²) < 4.78 is 10.7. The van der Waals surface area contributed by atoms with E-state index in [1.54, 1.807) is 7.05 Å². The van der Waals surface area contributed by atoms with Gasteiger partial charge in [-0.15, -0.1) is 0 Å². The summed E-state index contributed by atoms with van der Waals surface area (Å²) >= 11 is 6.44. The molecule has 1 aromatic rings. The van der Waals surface area contributed by atoms with E-state index in [9.17, 15) is 0 Å². The quantitative estimate of drug-likeness (QED) is 0.655. The van der Waals surface area contributed by atoms with Gasteiger partial charge in [-0.3, -0.25) is 9.89 Å². The summed E-state index contributed by atoms with van der Waals surface area (Å²) in [4.78, 5) is 6.61. The molecule has 1 unspecified atom stereocenters. The number of aromatic nitrogens is 1. The maximum atomic E-state index is 6.44. The first kappa shape index (κ1) is 22.3. The summed E-state index contributed by atoms with van der Waals surface area (Å²) in [5.41, 5.74) is 8.38. The minimum absolute atomic E-state index is 0.430. The molecule has 3 heterocycles. The van der Waals surface area contributed by atoms with Gasteiger partial charge in [-0.2, -0.15) is 0 Å². The van der Waals surface area contributed by atoms with Crippen molar-refractivity contribution < 1.29 is 9.26 Å². The highest BCUT2D eigenvalue weighted by molar-refractivity contribution is 6.70. The molecule has 0 amide bonds. The van der Waals surface area contributed by atoms with E-state index in [-0.39, 0.29) is 0 Å². The summed E-state index contributed by atoms with van der Waals surface area (Å²) in [7, 11) is 1.68. The number of aliphatic imine (C=N–C) groups is 1. The maximum absolute atomic E-state index is 6.44. The molecule has 7 nitrogen and oxygen atoms in total. The Hall–Kier alpha value is -1.41. The van der Waals surface area contributed by atoms with Gasteiger partial charge in [-0.1, -0.05) is 23.2 Å². The van der Waals surface area contributed by atoms with E-state index in [0.29, 0.717) is 29.1 Å². The van der Waals surface area contributed by atoms with Crippen LogP contribution in [0.4, 0.5) is 0 Å². The van der Waals surface area contributed by atoms with Gasteiger partial charge in [0.15, 0.2) is 0 Å². The molecule has 1 atom stereocenters. The number of nitrogens with one attached hydrogen (secondary N) is 1. The van der Waals surface area contributed by atoms with Crippen molar-refractivity contribution in [3.05, 3.63) is 23.1 Å². The van der Waals surface area contributed by atoms with Gasteiger partial charge < -0.3 is 20.3 Å². The van der Waals surface area contributed by atoms with Crippen LogP contribution in [0.15, 0.2) is 21.2 Å². The number of likely N-dealkylation sites (tertiary alicyclic amines) is 1. The lowest BCUT2D eigenvalue weighted by molar-refractivity contribution is 0.0650. The molecule has 2 aliphatic rings. The standard InChI is InChI=1S/C21H34ClN5O2/c1-15-11-19(26-29-15)20(23)18(21(22)24-2)14-27-8-4-3-5-17(13-27)25-12-16-6-9-28-10-7-16/h11,16-17,25H,3-10,12-14,23H2,1-2H3/b20-18-,24-21?. The Morgan fingerprint density at radius 2 is 2.14 bits per heavy atom. The number of ether oxygens (including phenoxy) is 1. The zero-order chi connectivity index (χ0) is 20.6. The summed E-state index contributed by atoms with van der Waals surface area (Å²) in [5, 5.41) is 8.29. The molecule has 162 valence electrons. The first-order valence-electron chi connectivity index (χ1n) is 10.6. The number of nitrogens with two attached hydrogens (primary N) is 1. The average Bonchev–Trinajstić information content (AvgIpc) is 3.05. The second kappa shape index (κ2) is 11.1. The Bertz CT molecular complexity index is 712. The fraction of sp³-hybridized carbons (Fsp3) is 0.714. The van der Waals surface area contributed by atoms with E-state index in [1.807, 2.05) is 13.0 Å². The SMILES string of the molecule is CN=C(Cl)/C(CN1CCCCC(NCC2CCOCC2)C1)=C(\N)c1cc(C)on1. The van der Waals surface area contributed by atoms with Gasteiger partial charge in [0.25, 0.3) is 0 Å². The molecule has 0 saturated carbocycles. The van der Waals surface area contributed by atoms with Gasteiger partial charge in [-0.25, -0.2) is 0 Å². The fourth-order valence-electron chi connectivity index (χ4n) is 4.08. The third kappa shape index (κ3) is 6.54. The van der Waals surface area contributed by atoms with E-state index in [2.05, 4.69) is 20.4 Å². The highest BCUT2D eigenvalue weighted by atomic mass is 35.5. The lowest BCUT2D eigenvalue weighted by Gasteiger charge is -2.28. The summed E-state index contributed by atoms with van der Waals surface area (Å²) in [6.07, 6.45) is 5.92. The van der Waals surface area contributed by atoms with Crippen LogP contribution in [-0.2, 0) is 4.74 Å². The maximum Gasteiger partial charge on any atom is 0.134 e. The van der Waals surface area contributed by atoms with E-state index in [4.69, 9.17) is 26.6 Å². The van der Waals surface area contributed by atoms with Gasteiger partial charge in [0, 0.05) is 51.0 Å². The van der Waals surface area contributed by atoms with Gasteiger partial charge in [0.2, 0.25) is 0 Å². The highest BCUT2D eigenvalue weighted by Gasteiger charge is 2.23. The van der Waals surface area contributed by atoms with Crippen LogP contribution < -0.4 is 11.1 Å². The molecule has 0 spiro atoms. The molecule has 2 fully saturated rings. The molecule has 1 aromatic heterocycles. The summed E-state index contributed by atoms with van der Waals surface area (Å²) in [5.74, 6) is 1.45. The Morgan fingerprint density at radius 1 is 1.34 bits per heavy atom. The number of hydrogen-bond acceptors (Lipinski definition) is 7.